The summed E-state index contributed by atoms with van der Waals surface area (Å²) in [5.41, 5.74) is 1.71. The lowest BCUT2D eigenvalue weighted by Crippen LogP contribution is -2.25. The second-order valence-corrected chi connectivity index (χ2v) is 7.03. The number of aromatic amines is 2. The first-order valence-electron chi connectivity index (χ1n) is 9.62. The van der Waals surface area contributed by atoms with Crippen LogP contribution in [0.5, 0.6) is 5.88 Å². The zero-order valence-electron chi connectivity index (χ0n) is 15.9. The van der Waals surface area contributed by atoms with Crippen LogP contribution in [0.3, 0.4) is 0 Å². The second kappa shape index (κ2) is 7.43. The van der Waals surface area contributed by atoms with Gasteiger partial charge in [0.25, 0.3) is 5.62 Å². The number of anilines is 1. The number of aromatic hydroxyl groups is 1. The van der Waals surface area contributed by atoms with Crippen LogP contribution < -0.4 is 21.8 Å². The van der Waals surface area contributed by atoms with E-state index in [1.165, 1.54) is 0 Å². The number of nitrogens with zero attached hydrogens (tertiary/aromatic N) is 6. The predicted octanol–water partition coefficient (Wildman–Crippen LogP) is -0.493. The van der Waals surface area contributed by atoms with Gasteiger partial charge in [0.1, 0.15) is 5.69 Å². The van der Waals surface area contributed by atoms with Gasteiger partial charge >= 0.3 is 5.69 Å². The molecule has 4 aromatic rings. The fraction of sp³-hybridized carbons (Fsp3) is 0.263. The molecule has 0 amide bonds. The molecular formula is C19H19N9O2. The molecular weight excluding hydrogens is 386 g/mol. The smallest absolute Gasteiger partial charge is 0.326 e. The van der Waals surface area contributed by atoms with Gasteiger partial charge in [0, 0.05) is 30.1 Å². The van der Waals surface area contributed by atoms with E-state index in [2.05, 4.69) is 40.3 Å². The Labute approximate surface area is 169 Å². The summed E-state index contributed by atoms with van der Waals surface area (Å²) in [6, 6.07) is 6.05. The maximum absolute atomic E-state index is 11.4. The van der Waals surface area contributed by atoms with Crippen molar-refractivity contribution >= 4 is 17.7 Å². The maximum Gasteiger partial charge on any atom is 0.326 e. The second-order valence-electron chi connectivity index (χ2n) is 7.03. The van der Waals surface area contributed by atoms with Gasteiger partial charge < -0.3 is 15.4 Å². The highest BCUT2D eigenvalue weighted by Crippen LogP contribution is 2.22. The Morgan fingerprint density at radius 1 is 1.30 bits per heavy atom. The molecule has 5 rings (SSSR count). The first-order chi connectivity index (χ1) is 14.7. The summed E-state index contributed by atoms with van der Waals surface area (Å²) in [5, 5.41) is 18.0. The fourth-order valence-electron chi connectivity index (χ4n) is 3.01. The van der Waals surface area contributed by atoms with E-state index < -0.39 is 5.69 Å². The zero-order chi connectivity index (χ0) is 20.5. The molecule has 4 heterocycles. The first kappa shape index (κ1) is 18.0. The fourth-order valence-corrected chi connectivity index (χ4v) is 3.01. The lowest BCUT2D eigenvalue weighted by molar-refractivity contribution is 0.454. The average molecular weight is 405 g/mol. The van der Waals surface area contributed by atoms with Crippen molar-refractivity contribution in [2.24, 2.45) is 4.99 Å². The number of H-pyrrole nitrogens is 2. The molecule has 11 nitrogen and oxygen atoms in total. The summed E-state index contributed by atoms with van der Waals surface area (Å²) >= 11 is 0. The summed E-state index contributed by atoms with van der Waals surface area (Å²) in [6.07, 6.45) is 7.75. The van der Waals surface area contributed by atoms with Crippen LogP contribution in [-0.2, 0) is 6.42 Å². The Morgan fingerprint density at radius 3 is 2.93 bits per heavy atom. The van der Waals surface area contributed by atoms with E-state index in [0.29, 0.717) is 29.0 Å². The summed E-state index contributed by atoms with van der Waals surface area (Å²) < 4.78 is 1.57. The van der Waals surface area contributed by atoms with Gasteiger partial charge in [-0.05, 0) is 31.1 Å². The molecule has 0 bridgehead atoms. The molecule has 11 heteroatoms. The van der Waals surface area contributed by atoms with Crippen LogP contribution in [0, 0.1) is 0 Å². The van der Waals surface area contributed by atoms with Crippen LogP contribution >= 0.6 is 0 Å². The monoisotopic (exact) mass is 405 g/mol. The number of hydrogen-bond acceptors (Lipinski definition) is 8. The average Bonchev–Trinajstić information content (AvgIpc) is 3.37. The molecule has 0 spiro atoms. The summed E-state index contributed by atoms with van der Waals surface area (Å²) in [7, 11) is 0. The highest BCUT2D eigenvalue weighted by molar-refractivity contribution is 5.57. The molecule has 4 N–H and O–H groups in total. The van der Waals surface area contributed by atoms with Crippen LogP contribution in [0.4, 0.5) is 5.95 Å². The van der Waals surface area contributed by atoms with Crippen LogP contribution in [-0.4, -0.2) is 52.2 Å². The maximum atomic E-state index is 11.4. The molecule has 0 radical (unpaired) electrons. The summed E-state index contributed by atoms with van der Waals surface area (Å²) in [6.45, 7) is 0.606. The van der Waals surface area contributed by atoms with E-state index in [0.717, 1.165) is 25.0 Å². The molecule has 0 saturated heterocycles. The number of pyridine rings is 1. The standard InChI is InChI=1S/C19H19N9O2/c29-16-14(24-19(30)26-16)9-11-10-22-28-15(11)25-17(27-18(28)23-13-4-5-13)21-8-6-12-3-1-2-7-20-12/h1-3,7,9-10,13,29H,4-6,8H2,(H,21,23,27)(H2,24,26,30)/b11-9-. The lowest BCUT2D eigenvalue weighted by atomic mass is 10.3. The third kappa shape index (κ3) is 3.77. The van der Waals surface area contributed by atoms with Gasteiger partial charge in [-0.25, -0.2) is 9.79 Å². The van der Waals surface area contributed by atoms with Gasteiger partial charge in [-0.3, -0.25) is 9.97 Å². The Kier molecular flexibility index (Phi) is 4.46. The van der Waals surface area contributed by atoms with E-state index in [1.807, 2.05) is 18.2 Å². The Morgan fingerprint density at radius 2 is 2.20 bits per heavy atom. The molecule has 4 aromatic heterocycles. The molecule has 30 heavy (non-hydrogen) atoms. The molecule has 1 saturated carbocycles. The Balaban J connectivity index is 1.53. The summed E-state index contributed by atoms with van der Waals surface area (Å²) in [5.74, 6) is 0.185. The molecule has 1 aliphatic carbocycles. The molecule has 1 fully saturated rings. The number of aromatic nitrogens is 7. The molecule has 0 aromatic carbocycles. The Bertz CT molecular complexity index is 1370. The van der Waals surface area contributed by atoms with E-state index in [1.54, 1.807) is 23.0 Å². The van der Waals surface area contributed by atoms with Crippen molar-refractivity contribution in [3.8, 4) is 5.88 Å². The minimum absolute atomic E-state index is 0.245. The van der Waals surface area contributed by atoms with Crippen molar-refractivity contribution < 1.29 is 5.11 Å². The van der Waals surface area contributed by atoms with Crippen LogP contribution in [0.2, 0.25) is 0 Å². The van der Waals surface area contributed by atoms with Crippen molar-refractivity contribution in [2.45, 2.75) is 25.3 Å². The highest BCUT2D eigenvalue weighted by atomic mass is 16.3. The number of nitrogens with one attached hydrogen (secondary N) is 3. The molecule has 0 aliphatic heterocycles. The third-order valence-electron chi connectivity index (χ3n) is 4.65. The van der Waals surface area contributed by atoms with Crippen LogP contribution in [0.15, 0.2) is 40.4 Å². The van der Waals surface area contributed by atoms with E-state index in [-0.39, 0.29) is 17.6 Å². The number of fused-ring (bicyclic) bond motifs is 1. The molecule has 1 aliphatic rings. The van der Waals surface area contributed by atoms with Crippen LogP contribution in [0.25, 0.3) is 11.7 Å². The van der Waals surface area contributed by atoms with Crippen molar-refractivity contribution in [1.82, 2.24) is 34.5 Å². The summed E-state index contributed by atoms with van der Waals surface area (Å²) in [4.78, 5) is 34.3. The van der Waals surface area contributed by atoms with Crippen molar-refractivity contribution in [3.05, 3.63) is 63.3 Å². The number of hydrogen-bond donors (Lipinski definition) is 4. The van der Waals surface area contributed by atoms with Gasteiger partial charge in [0.15, 0.2) is 5.65 Å². The molecule has 0 atom stereocenters. The molecule has 152 valence electrons. The SMILES string of the molecule is O=c1[nH]c(O)c(/C=c2/cnn3c(=NC4CC4)nc(NCCc4ccccn4)nc23)[nH]1. The van der Waals surface area contributed by atoms with Gasteiger partial charge in [-0.15, -0.1) is 0 Å². The van der Waals surface area contributed by atoms with E-state index in [9.17, 15) is 9.90 Å². The minimum Gasteiger partial charge on any atom is -0.493 e. The first-order valence-corrected chi connectivity index (χ1v) is 9.62. The van der Waals surface area contributed by atoms with Crippen LogP contribution in [0.1, 0.15) is 24.2 Å². The third-order valence-corrected chi connectivity index (χ3v) is 4.65. The van der Waals surface area contributed by atoms with Crippen molar-refractivity contribution in [3.63, 3.8) is 0 Å². The quantitative estimate of drug-likeness (QED) is 0.338. The highest BCUT2D eigenvalue weighted by Gasteiger charge is 2.21. The van der Waals surface area contributed by atoms with Gasteiger partial charge in [-0.1, -0.05) is 6.07 Å². The van der Waals surface area contributed by atoms with Gasteiger partial charge in [-0.2, -0.15) is 19.6 Å². The normalized spacial score (nSPS) is 15.2. The Hall–Kier alpha value is -4.02. The van der Waals surface area contributed by atoms with Gasteiger partial charge in [0.2, 0.25) is 11.8 Å². The van der Waals surface area contributed by atoms with Gasteiger partial charge in [0.05, 0.1) is 12.2 Å². The topological polar surface area (TPSA) is 149 Å². The van der Waals surface area contributed by atoms with E-state index >= 15 is 0 Å². The van der Waals surface area contributed by atoms with E-state index in [4.69, 9.17) is 0 Å². The zero-order valence-corrected chi connectivity index (χ0v) is 15.9. The predicted molar refractivity (Wildman–Crippen MR) is 108 cm³/mol. The van der Waals surface area contributed by atoms with Crippen molar-refractivity contribution in [2.75, 3.05) is 11.9 Å². The largest absolute Gasteiger partial charge is 0.493 e. The number of rotatable bonds is 6. The van der Waals surface area contributed by atoms with Crippen molar-refractivity contribution in [1.29, 1.82) is 0 Å². The molecule has 0 unspecified atom stereocenters. The lowest BCUT2D eigenvalue weighted by Gasteiger charge is -2.05. The number of imidazole rings is 1. The minimum atomic E-state index is -0.494.